The Morgan fingerprint density at radius 2 is 2.00 bits per heavy atom. The highest BCUT2D eigenvalue weighted by molar-refractivity contribution is 7.09. The number of carbonyl (C=O) groups excluding carboxylic acids is 1. The molecule has 92 valence electrons. The fourth-order valence-electron chi connectivity index (χ4n) is 1.46. The highest BCUT2D eigenvalue weighted by Crippen LogP contribution is 2.09. The van der Waals surface area contributed by atoms with E-state index in [1.807, 2.05) is 5.38 Å². The number of rotatable bonds is 4. The minimum Gasteiger partial charge on any atom is -0.478 e. The van der Waals surface area contributed by atoms with Crippen LogP contribution in [0.1, 0.15) is 25.7 Å². The number of hydrogen-bond acceptors (Lipinski definition) is 4. The first-order valence-electron chi connectivity index (χ1n) is 5.17. The molecule has 0 atom stereocenters. The van der Waals surface area contributed by atoms with Crippen LogP contribution in [0.2, 0.25) is 0 Å². The topological polar surface area (TPSA) is 79.3 Å². The first-order chi connectivity index (χ1) is 8.68. The van der Waals surface area contributed by atoms with Crippen LogP contribution in [-0.2, 0) is 6.54 Å². The lowest BCUT2D eigenvalue weighted by Gasteiger charge is -2.06. The van der Waals surface area contributed by atoms with Crippen LogP contribution in [-0.4, -0.2) is 22.0 Å². The standard InChI is InChI=1S/C12H10N2O3S/c15-11(14-7-10-13-5-6-18-10)8-3-1-2-4-9(8)12(16)17/h1-6H,7H2,(H,14,15)(H,16,17). The third-order valence-electron chi connectivity index (χ3n) is 2.29. The van der Waals surface area contributed by atoms with Gasteiger partial charge in [0.25, 0.3) is 5.91 Å². The molecule has 0 aliphatic heterocycles. The van der Waals surface area contributed by atoms with E-state index in [0.29, 0.717) is 6.54 Å². The summed E-state index contributed by atoms with van der Waals surface area (Å²) in [5.41, 5.74) is 0.149. The predicted molar refractivity (Wildman–Crippen MR) is 66.7 cm³/mol. The summed E-state index contributed by atoms with van der Waals surface area (Å²) in [7, 11) is 0. The van der Waals surface area contributed by atoms with Crippen molar-refractivity contribution >= 4 is 23.2 Å². The normalized spacial score (nSPS) is 10.0. The van der Waals surface area contributed by atoms with Crippen molar-refractivity contribution in [1.29, 1.82) is 0 Å². The Kier molecular flexibility index (Phi) is 3.69. The summed E-state index contributed by atoms with van der Waals surface area (Å²) in [5.74, 6) is -1.53. The van der Waals surface area contributed by atoms with Crippen molar-refractivity contribution in [2.45, 2.75) is 6.54 Å². The molecule has 1 amide bonds. The van der Waals surface area contributed by atoms with Crippen molar-refractivity contribution in [2.24, 2.45) is 0 Å². The number of carbonyl (C=O) groups is 2. The van der Waals surface area contributed by atoms with Gasteiger partial charge < -0.3 is 10.4 Å². The molecule has 2 N–H and O–H groups in total. The highest BCUT2D eigenvalue weighted by Gasteiger charge is 2.15. The van der Waals surface area contributed by atoms with Gasteiger partial charge in [-0.25, -0.2) is 9.78 Å². The number of benzene rings is 1. The molecule has 1 aromatic heterocycles. The van der Waals surface area contributed by atoms with Crippen LogP contribution in [0.4, 0.5) is 0 Å². The smallest absolute Gasteiger partial charge is 0.336 e. The van der Waals surface area contributed by atoms with E-state index in [4.69, 9.17) is 5.11 Å². The Morgan fingerprint density at radius 1 is 1.28 bits per heavy atom. The maximum atomic E-state index is 11.9. The number of nitrogens with zero attached hydrogens (tertiary/aromatic N) is 1. The van der Waals surface area contributed by atoms with Gasteiger partial charge >= 0.3 is 5.97 Å². The van der Waals surface area contributed by atoms with E-state index < -0.39 is 11.9 Å². The van der Waals surface area contributed by atoms with Crippen molar-refractivity contribution in [3.8, 4) is 0 Å². The molecular weight excluding hydrogens is 252 g/mol. The molecule has 0 unspecified atom stereocenters. The van der Waals surface area contributed by atoms with E-state index in [1.165, 1.54) is 23.5 Å². The van der Waals surface area contributed by atoms with Gasteiger partial charge in [-0.2, -0.15) is 0 Å². The van der Waals surface area contributed by atoms with Crippen molar-refractivity contribution in [2.75, 3.05) is 0 Å². The van der Waals surface area contributed by atoms with E-state index >= 15 is 0 Å². The molecule has 0 saturated carbocycles. The van der Waals surface area contributed by atoms with E-state index in [2.05, 4.69) is 10.3 Å². The van der Waals surface area contributed by atoms with Crippen molar-refractivity contribution in [3.63, 3.8) is 0 Å². The van der Waals surface area contributed by atoms with Crippen LogP contribution in [0.15, 0.2) is 35.8 Å². The average molecular weight is 262 g/mol. The second-order valence-corrected chi connectivity index (χ2v) is 4.44. The molecule has 0 aliphatic carbocycles. The van der Waals surface area contributed by atoms with Crippen LogP contribution in [0.25, 0.3) is 0 Å². The predicted octanol–water partition coefficient (Wildman–Crippen LogP) is 1.77. The molecular formula is C12H10N2O3S. The van der Waals surface area contributed by atoms with Crippen LogP contribution >= 0.6 is 11.3 Å². The minimum atomic E-state index is -1.12. The van der Waals surface area contributed by atoms with Crippen LogP contribution in [0, 0.1) is 0 Å². The molecule has 5 nitrogen and oxygen atoms in total. The number of aromatic carboxylic acids is 1. The number of hydrogen-bond donors (Lipinski definition) is 2. The summed E-state index contributed by atoms with van der Waals surface area (Å²) in [6.07, 6.45) is 1.65. The third kappa shape index (κ3) is 2.72. The van der Waals surface area contributed by atoms with E-state index in [-0.39, 0.29) is 11.1 Å². The van der Waals surface area contributed by atoms with Gasteiger partial charge in [0.15, 0.2) is 0 Å². The van der Waals surface area contributed by atoms with Crippen molar-refractivity contribution in [1.82, 2.24) is 10.3 Å². The molecule has 0 bridgehead atoms. The van der Waals surface area contributed by atoms with Crippen LogP contribution in [0.3, 0.4) is 0 Å². The fraction of sp³-hybridized carbons (Fsp3) is 0.0833. The fourth-order valence-corrected chi connectivity index (χ4v) is 2.02. The number of nitrogens with one attached hydrogen (secondary N) is 1. The number of carboxylic acid groups (broad SMARTS) is 1. The van der Waals surface area contributed by atoms with E-state index in [0.717, 1.165) is 5.01 Å². The molecule has 2 rings (SSSR count). The molecule has 18 heavy (non-hydrogen) atoms. The lowest BCUT2D eigenvalue weighted by Crippen LogP contribution is -2.24. The van der Waals surface area contributed by atoms with Gasteiger partial charge in [-0.05, 0) is 12.1 Å². The van der Waals surface area contributed by atoms with Gasteiger partial charge in [0, 0.05) is 11.6 Å². The lowest BCUT2D eigenvalue weighted by molar-refractivity contribution is 0.0691. The Bertz CT molecular complexity index is 566. The Morgan fingerprint density at radius 3 is 2.61 bits per heavy atom. The molecule has 0 fully saturated rings. The first kappa shape index (κ1) is 12.3. The Balaban J connectivity index is 2.11. The number of carboxylic acids is 1. The lowest BCUT2D eigenvalue weighted by atomic mass is 10.1. The summed E-state index contributed by atoms with van der Waals surface area (Å²) in [6.45, 7) is 0.296. The quantitative estimate of drug-likeness (QED) is 0.880. The summed E-state index contributed by atoms with van der Waals surface area (Å²) in [6, 6.07) is 6.10. The van der Waals surface area contributed by atoms with Crippen molar-refractivity contribution in [3.05, 3.63) is 52.0 Å². The Labute approximate surface area is 107 Å². The summed E-state index contributed by atoms with van der Waals surface area (Å²) in [5, 5.41) is 14.2. The first-order valence-corrected chi connectivity index (χ1v) is 6.05. The highest BCUT2D eigenvalue weighted by atomic mass is 32.1. The second kappa shape index (κ2) is 5.42. The molecule has 0 saturated heterocycles. The van der Waals surface area contributed by atoms with Crippen LogP contribution in [0.5, 0.6) is 0 Å². The second-order valence-electron chi connectivity index (χ2n) is 3.46. The van der Waals surface area contributed by atoms with Crippen LogP contribution < -0.4 is 5.32 Å². The van der Waals surface area contributed by atoms with Gasteiger partial charge in [0.2, 0.25) is 0 Å². The summed E-state index contributed by atoms with van der Waals surface area (Å²) >= 11 is 1.43. The Hall–Kier alpha value is -2.21. The third-order valence-corrected chi connectivity index (χ3v) is 3.07. The average Bonchev–Trinajstić information content (AvgIpc) is 2.89. The molecule has 6 heteroatoms. The summed E-state index contributed by atoms with van der Waals surface area (Å²) < 4.78 is 0. The molecule has 2 aromatic rings. The van der Waals surface area contributed by atoms with Gasteiger partial charge in [-0.3, -0.25) is 4.79 Å². The molecule has 0 radical (unpaired) electrons. The van der Waals surface area contributed by atoms with Gasteiger partial charge in [0.05, 0.1) is 17.7 Å². The molecule has 1 heterocycles. The maximum absolute atomic E-state index is 11.9. The maximum Gasteiger partial charge on any atom is 0.336 e. The van der Waals surface area contributed by atoms with Gasteiger partial charge in [-0.1, -0.05) is 12.1 Å². The largest absolute Gasteiger partial charge is 0.478 e. The number of thiazole rings is 1. The molecule has 1 aromatic carbocycles. The van der Waals surface area contributed by atoms with E-state index in [1.54, 1.807) is 18.3 Å². The van der Waals surface area contributed by atoms with E-state index in [9.17, 15) is 9.59 Å². The zero-order chi connectivity index (χ0) is 13.0. The minimum absolute atomic E-state index is 0.00543. The summed E-state index contributed by atoms with van der Waals surface area (Å²) in [4.78, 5) is 26.9. The zero-order valence-electron chi connectivity index (χ0n) is 9.29. The molecule has 0 spiro atoms. The number of aromatic nitrogens is 1. The molecule has 0 aliphatic rings. The van der Waals surface area contributed by atoms with Gasteiger partial charge in [-0.15, -0.1) is 11.3 Å². The zero-order valence-corrected chi connectivity index (χ0v) is 10.1. The monoisotopic (exact) mass is 262 g/mol. The number of amides is 1. The van der Waals surface area contributed by atoms with Crippen molar-refractivity contribution < 1.29 is 14.7 Å². The van der Waals surface area contributed by atoms with Gasteiger partial charge in [0.1, 0.15) is 5.01 Å². The SMILES string of the molecule is O=C(O)c1ccccc1C(=O)NCc1nccs1.